The second kappa shape index (κ2) is 8.37. The van der Waals surface area contributed by atoms with E-state index in [0.29, 0.717) is 0 Å². The van der Waals surface area contributed by atoms with Crippen molar-refractivity contribution in [1.82, 2.24) is 10.9 Å². The van der Waals surface area contributed by atoms with Crippen LogP contribution >= 0.6 is 0 Å². The molecule has 0 bridgehead atoms. The van der Waals surface area contributed by atoms with Gasteiger partial charge >= 0.3 is 0 Å². The van der Waals surface area contributed by atoms with Crippen molar-refractivity contribution in [3.63, 3.8) is 0 Å². The van der Waals surface area contributed by atoms with E-state index in [-0.39, 0.29) is 17.2 Å². The summed E-state index contributed by atoms with van der Waals surface area (Å²) in [6.07, 6.45) is 0. The maximum atomic E-state index is 13.3. The van der Waals surface area contributed by atoms with Gasteiger partial charge in [0.05, 0.1) is 0 Å². The molecule has 0 atom stereocenters. The molecule has 2 amide bonds. The molecule has 7 nitrogen and oxygen atoms in total. The fourth-order valence-corrected chi connectivity index (χ4v) is 1.64. The minimum atomic E-state index is -0.672. The van der Waals surface area contributed by atoms with Gasteiger partial charge in [-0.3, -0.25) is 20.4 Å². The smallest absolute Gasteiger partial charge is 0.276 e. The maximum absolute atomic E-state index is 13.3. The van der Waals surface area contributed by atoms with Gasteiger partial charge in [0, 0.05) is 0 Å². The van der Waals surface area contributed by atoms with Crippen molar-refractivity contribution in [1.29, 1.82) is 0 Å². The number of carbonyl (C=O) groups excluding carboxylic acids is 2. The van der Waals surface area contributed by atoms with Gasteiger partial charge in [-0.1, -0.05) is 24.3 Å². The molecule has 2 rings (SSSR count). The van der Waals surface area contributed by atoms with E-state index in [1.54, 1.807) is 18.2 Å². The molecular weight excluding hydrogens is 319 g/mol. The second-order valence-corrected chi connectivity index (χ2v) is 4.57. The molecule has 0 spiro atoms. The van der Waals surface area contributed by atoms with E-state index < -0.39 is 30.8 Å². The molecule has 0 saturated heterocycles. The average Bonchev–Trinajstić information content (AvgIpc) is 2.58. The Morgan fingerprint density at radius 2 is 1.38 bits per heavy atom. The first-order valence-electron chi connectivity index (χ1n) is 6.92. The summed E-state index contributed by atoms with van der Waals surface area (Å²) in [5.74, 6) is -1.94. The number of ether oxygens (including phenoxy) is 2. The lowest BCUT2D eigenvalue weighted by atomic mass is 10.3. The van der Waals surface area contributed by atoms with Gasteiger partial charge in [0.2, 0.25) is 0 Å². The molecule has 8 heteroatoms. The quantitative estimate of drug-likeness (QED) is 0.688. The number of hydrogen-bond donors (Lipinski definition) is 3. The normalized spacial score (nSPS) is 9.88. The highest BCUT2D eigenvalue weighted by Crippen LogP contribution is 2.23. The number of phenols is 1. The monoisotopic (exact) mass is 334 g/mol. The Morgan fingerprint density at radius 3 is 1.96 bits per heavy atom. The number of para-hydroxylation sites is 3. The van der Waals surface area contributed by atoms with Crippen LogP contribution in [0.5, 0.6) is 17.2 Å². The largest absolute Gasteiger partial charge is 0.504 e. The Morgan fingerprint density at radius 1 is 0.875 bits per heavy atom. The van der Waals surface area contributed by atoms with Crippen molar-refractivity contribution in [3.8, 4) is 17.2 Å². The Bertz CT molecular complexity index is 662. The number of hydrazine groups is 1. The van der Waals surface area contributed by atoms with E-state index in [9.17, 15) is 19.1 Å². The zero-order chi connectivity index (χ0) is 17.4. The number of amides is 2. The van der Waals surface area contributed by atoms with Crippen molar-refractivity contribution < 1.29 is 28.6 Å². The zero-order valence-electron chi connectivity index (χ0n) is 12.5. The Balaban J connectivity index is 1.69. The van der Waals surface area contributed by atoms with Crippen molar-refractivity contribution in [2.45, 2.75) is 0 Å². The first-order valence-corrected chi connectivity index (χ1v) is 6.92. The minimum absolute atomic E-state index is 0.0677. The van der Waals surface area contributed by atoms with Crippen LogP contribution in [-0.4, -0.2) is 30.1 Å². The van der Waals surface area contributed by atoms with Crippen LogP contribution in [0.1, 0.15) is 0 Å². The Hall–Kier alpha value is -3.29. The third kappa shape index (κ3) is 5.16. The van der Waals surface area contributed by atoms with Crippen LogP contribution in [0.2, 0.25) is 0 Å². The van der Waals surface area contributed by atoms with Gasteiger partial charge < -0.3 is 14.6 Å². The Labute approximate surface area is 137 Å². The third-order valence-electron chi connectivity index (χ3n) is 2.76. The van der Waals surface area contributed by atoms with Crippen LogP contribution in [-0.2, 0) is 9.59 Å². The summed E-state index contributed by atoms with van der Waals surface area (Å²) in [4.78, 5) is 23.0. The highest BCUT2D eigenvalue weighted by Gasteiger charge is 2.09. The van der Waals surface area contributed by atoms with Gasteiger partial charge in [0.25, 0.3) is 11.8 Å². The zero-order valence-corrected chi connectivity index (χ0v) is 12.5. The van der Waals surface area contributed by atoms with E-state index in [2.05, 4.69) is 10.9 Å². The first kappa shape index (κ1) is 17.1. The highest BCUT2D eigenvalue weighted by atomic mass is 19.1. The lowest BCUT2D eigenvalue weighted by Crippen LogP contribution is -2.45. The van der Waals surface area contributed by atoms with Crippen LogP contribution in [0.25, 0.3) is 0 Å². The van der Waals surface area contributed by atoms with Gasteiger partial charge in [-0.2, -0.15) is 0 Å². The molecule has 0 fully saturated rings. The van der Waals surface area contributed by atoms with E-state index >= 15 is 0 Å². The van der Waals surface area contributed by atoms with Gasteiger partial charge in [-0.15, -0.1) is 0 Å². The van der Waals surface area contributed by atoms with Crippen LogP contribution < -0.4 is 20.3 Å². The van der Waals surface area contributed by atoms with E-state index in [0.717, 1.165) is 0 Å². The van der Waals surface area contributed by atoms with Crippen LogP contribution in [0.15, 0.2) is 48.5 Å². The molecule has 0 aliphatic heterocycles. The average molecular weight is 334 g/mol. The summed E-state index contributed by atoms with van der Waals surface area (Å²) in [7, 11) is 0. The molecule has 0 aromatic heterocycles. The molecular formula is C16H15FN2O5. The fourth-order valence-electron chi connectivity index (χ4n) is 1.64. The molecule has 0 aliphatic carbocycles. The van der Waals surface area contributed by atoms with Crippen LogP contribution in [0, 0.1) is 5.82 Å². The third-order valence-corrected chi connectivity index (χ3v) is 2.76. The number of hydrogen-bond acceptors (Lipinski definition) is 5. The fraction of sp³-hybridized carbons (Fsp3) is 0.125. The lowest BCUT2D eigenvalue weighted by molar-refractivity contribution is -0.131. The number of aromatic hydroxyl groups is 1. The van der Waals surface area contributed by atoms with Gasteiger partial charge in [0.1, 0.15) is 0 Å². The maximum Gasteiger partial charge on any atom is 0.276 e. The second-order valence-electron chi connectivity index (χ2n) is 4.57. The van der Waals surface area contributed by atoms with Gasteiger partial charge in [-0.05, 0) is 24.3 Å². The Kier molecular flexibility index (Phi) is 5.95. The molecule has 2 aromatic rings. The minimum Gasteiger partial charge on any atom is -0.504 e. The molecule has 0 unspecified atom stereocenters. The molecule has 0 heterocycles. The summed E-state index contributed by atoms with van der Waals surface area (Å²) in [5.41, 5.74) is 4.20. The van der Waals surface area contributed by atoms with Crippen molar-refractivity contribution >= 4 is 11.8 Å². The summed E-state index contributed by atoms with van der Waals surface area (Å²) in [6, 6.07) is 11.8. The number of phenolic OH excluding ortho intramolecular Hbond substituents is 1. The molecule has 2 aromatic carbocycles. The SMILES string of the molecule is O=C(COc1ccccc1O)NNC(=O)COc1ccccc1F. The number of rotatable bonds is 6. The van der Waals surface area contributed by atoms with Gasteiger partial charge in [0.15, 0.2) is 36.3 Å². The number of nitrogens with one attached hydrogen (secondary N) is 2. The summed E-state index contributed by atoms with van der Waals surface area (Å²) in [6.45, 7) is -0.881. The standard InChI is InChI=1S/C16H15FN2O5/c17-11-5-1-3-7-13(11)23-9-15(21)18-19-16(22)10-24-14-8-4-2-6-12(14)20/h1-8,20H,9-10H2,(H,18,21)(H,19,22). The highest BCUT2D eigenvalue weighted by molar-refractivity contribution is 5.83. The molecule has 3 N–H and O–H groups in total. The predicted molar refractivity (Wildman–Crippen MR) is 81.8 cm³/mol. The van der Waals surface area contributed by atoms with Crippen LogP contribution in [0.4, 0.5) is 4.39 Å². The number of carbonyl (C=O) groups is 2. The summed E-state index contributed by atoms with van der Waals surface area (Å²) < 4.78 is 23.3. The van der Waals surface area contributed by atoms with Gasteiger partial charge in [-0.25, -0.2) is 4.39 Å². The molecule has 24 heavy (non-hydrogen) atoms. The van der Waals surface area contributed by atoms with Crippen molar-refractivity contribution in [2.24, 2.45) is 0 Å². The number of benzene rings is 2. The molecule has 126 valence electrons. The molecule has 0 saturated carbocycles. The summed E-state index contributed by atoms with van der Waals surface area (Å²) in [5, 5.41) is 9.47. The summed E-state index contributed by atoms with van der Waals surface area (Å²) >= 11 is 0. The molecule has 0 radical (unpaired) electrons. The lowest BCUT2D eigenvalue weighted by Gasteiger charge is -2.10. The first-order chi connectivity index (χ1) is 11.6. The predicted octanol–water partition coefficient (Wildman–Crippen LogP) is 1.14. The van der Waals surface area contributed by atoms with Crippen molar-refractivity contribution in [2.75, 3.05) is 13.2 Å². The molecule has 0 aliphatic rings. The topological polar surface area (TPSA) is 96.9 Å². The van der Waals surface area contributed by atoms with E-state index in [1.165, 1.54) is 30.3 Å². The number of halogens is 1. The van der Waals surface area contributed by atoms with E-state index in [1.807, 2.05) is 0 Å². The van der Waals surface area contributed by atoms with E-state index in [4.69, 9.17) is 9.47 Å². The van der Waals surface area contributed by atoms with Crippen LogP contribution in [0.3, 0.4) is 0 Å². The van der Waals surface area contributed by atoms with Crippen molar-refractivity contribution in [3.05, 3.63) is 54.3 Å².